The molecule has 0 unspecified atom stereocenters. The number of carbonyl (C=O) groups excluding carboxylic acids is 2. The van der Waals surface area contributed by atoms with Crippen molar-refractivity contribution in [1.29, 1.82) is 0 Å². The van der Waals surface area contributed by atoms with Gasteiger partial charge in [-0.3, -0.25) is 19.7 Å². The maximum absolute atomic E-state index is 12.3. The average molecular weight is 371 g/mol. The second-order valence-corrected chi connectivity index (χ2v) is 5.82. The lowest BCUT2D eigenvalue weighted by molar-refractivity contribution is -0.384. The zero-order valence-corrected chi connectivity index (χ0v) is 14.5. The van der Waals surface area contributed by atoms with Crippen LogP contribution in [0.5, 0.6) is 5.75 Å². The third-order valence-electron chi connectivity index (χ3n) is 4.00. The summed E-state index contributed by atoms with van der Waals surface area (Å²) in [5.41, 5.74) is 1.45. The molecular weight excluding hydrogens is 354 g/mol. The van der Waals surface area contributed by atoms with Gasteiger partial charge in [-0.2, -0.15) is 0 Å². The van der Waals surface area contributed by atoms with Crippen molar-refractivity contribution in [2.75, 3.05) is 25.3 Å². The van der Waals surface area contributed by atoms with Crippen molar-refractivity contribution in [1.82, 2.24) is 5.32 Å². The first kappa shape index (κ1) is 18.3. The van der Waals surface area contributed by atoms with Crippen molar-refractivity contribution in [2.45, 2.75) is 6.54 Å². The van der Waals surface area contributed by atoms with Crippen molar-refractivity contribution in [3.8, 4) is 5.75 Å². The van der Waals surface area contributed by atoms with Crippen LogP contribution in [0.1, 0.15) is 15.9 Å². The molecule has 140 valence electrons. The number of methoxy groups -OCH3 is 1. The van der Waals surface area contributed by atoms with Crippen molar-refractivity contribution in [2.24, 2.45) is 0 Å². The van der Waals surface area contributed by atoms with E-state index in [-0.39, 0.29) is 37.4 Å². The van der Waals surface area contributed by atoms with Gasteiger partial charge in [-0.1, -0.05) is 12.1 Å². The van der Waals surface area contributed by atoms with Crippen molar-refractivity contribution >= 4 is 23.2 Å². The smallest absolute Gasteiger partial charge is 0.269 e. The standard InChI is InChI=1S/C18H17N3O6/c1-26-11-19-18(23)13-5-6-15-16(8-13)27-10-17(22)20(15)9-12-3-2-4-14(7-12)21(24)25/h2-8H,9-11H2,1H3,(H,19,23). The van der Waals surface area contributed by atoms with Gasteiger partial charge >= 0.3 is 0 Å². The van der Waals surface area contributed by atoms with Crippen molar-refractivity contribution in [3.05, 3.63) is 63.7 Å². The van der Waals surface area contributed by atoms with Crippen molar-refractivity contribution in [3.63, 3.8) is 0 Å². The van der Waals surface area contributed by atoms with Gasteiger partial charge in [0.15, 0.2) is 6.61 Å². The van der Waals surface area contributed by atoms with E-state index >= 15 is 0 Å². The summed E-state index contributed by atoms with van der Waals surface area (Å²) in [6, 6.07) is 10.8. The molecule has 0 spiro atoms. The third-order valence-corrected chi connectivity index (χ3v) is 4.00. The lowest BCUT2D eigenvalue weighted by atomic mass is 10.1. The molecule has 9 heteroatoms. The van der Waals surface area contributed by atoms with Crippen LogP contribution in [0.2, 0.25) is 0 Å². The molecule has 2 aromatic carbocycles. The first-order valence-electron chi connectivity index (χ1n) is 8.07. The summed E-state index contributed by atoms with van der Waals surface area (Å²) >= 11 is 0. The molecule has 0 aliphatic carbocycles. The first-order chi connectivity index (χ1) is 13.0. The Kier molecular flexibility index (Phi) is 5.32. The topological polar surface area (TPSA) is 111 Å². The van der Waals surface area contributed by atoms with E-state index in [0.717, 1.165) is 0 Å². The van der Waals surface area contributed by atoms with Crippen LogP contribution in [0.25, 0.3) is 0 Å². The number of nitrogens with one attached hydrogen (secondary N) is 1. The van der Waals surface area contributed by atoms with Gasteiger partial charge in [0, 0.05) is 24.8 Å². The number of nitro benzene ring substituents is 1. The molecule has 0 bridgehead atoms. The molecule has 1 heterocycles. The Morgan fingerprint density at radius 2 is 2.15 bits per heavy atom. The van der Waals surface area contributed by atoms with E-state index in [1.807, 2.05) is 0 Å². The highest BCUT2D eigenvalue weighted by molar-refractivity contribution is 6.00. The predicted octanol–water partition coefficient (Wildman–Crippen LogP) is 1.85. The van der Waals surface area contributed by atoms with Crippen LogP contribution >= 0.6 is 0 Å². The van der Waals surface area contributed by atoms with Crippen LogP contribution in [0.4, 0.5) is 11.4 Å². The van der Waals surface area contributed by atoms with E-state index in [0.29, 0.717) is 22.6 Å². The Bertz CT molecular complexity index is 898. The molecule has 9 nitrogen and oxygen atoms in total. The molecule has 1 aliphatic heterocycles. The normalized spacial score (nSPS) is 12.9. The molecule has 0 fully saturated rings. The lowest BCUT2D eigenvalue weighted by Crippen LogP contribution is -2.38. The Hall–Kier alpha value is -3.46. The molecule has 3 rings (SSSR count). The van der Waals surface area contributed by atoms with Gasteiger partial charge in [0.2, 0.25) is 0 Å². The number of non-ortho nitro benzene ring substituents is 1. The summed E-state index contributed by atoms with van der Waals surface area (Å²) in [5, 5.41) is 13.5. The number of nitrogens with zero attached hydrogens (tertiary/aromatic N) is 2. The summed E-state index contributed by atoms with van der Waals surface area (Å²) in [6.45, 7) is 0.0608. The molecular formula is C18H17N3O6. The van der Waals surface area contributed by atoms with E-state index in [4.69, 9.17) is 9.47 Å². The number of amides is 2. The molecule has 2 aromatic rings. The summed E-state index contributed by atoms with van der Waals surface area (Å²) < 4.78 is 10.3. The van der Waals surface area contributed by atoms with E-state index in [9.17, 15) is 19.7 Å². The summed E-state index contributed by atoms with van der Waals surface area (Å²) in [7, 11) is 1.47. The first-order valence-corrected chi connectivity index (χ1v) is 8.07. The highest BCUT2D eigenvalue weighted by Crippen LogP contribution is 2.34. The SMILES string of the molecule is COCNC(=O)c1ccc2c(c1)OCC(=O)N2Cc1cccc([N+](=O)[O-])c1. The summed E-state index contributed by atoms with van der Waals surface area (Å²) in [6.07, 6.45) is 0. The molecule has 1 N–H and O–H groups in total. The number of hydrogen-bond acceptors (Lipinski definition) is 6. The lowest BCUT2D eigenvalue weighted by Gasteiger charge is -2.29. The number of anilines is 1. The second kappa shape index (κ2) is 7.83. The summed E-state index contributed by atoms with van der Waals surface area (Å²) in [5.74, 6) is -0.207. The van der Waals surface area contributed by atoms with Crippen LogP contribution in [-0.2, 0) is 16.1 Å². The zero-order valence-electron chi connectivity index (χ0n) is 14.5. The van der Waals surface area contributed by atoms with Crippen molar-refractivity contribution < 1.29 is 24.0 Å². The van der Waals surface area contributed by atoms with Gasteiger partial charge in [0.05, 0.1) is 17.2 Å². The van der Waals surface area contributed by atoms with Crippen LogP contribution in [0.3, 0.4) is 0 Å². The monoisotopic (exact) mass is 371 g/mol. The van der Waals surface area contributed by atoms with E-state index in [1.54, 1.807) is 30.3 Å². The Morgan fingerprint density at radius 3 is 2.89 bits per heavy atom. The number of rotatable bonds is 6. The number of nitro groups is 1. The molecule has 0 saturated heterocycles. The summed E-state index contributed by atoms with van der Waals surface area (Å²) in [4.78, 5) is 36.3. The average Bonchev–Trinajstić information content (AvgIpc) is 2.68. The maximum atomic E-state index is 12.3. The van der Waals surface area contributed by atoms with Gasteiger partial charge < -0.3 is 19.7 Å². The number of benzene rings is 2. The molecule has 27 heavy (non-hydrogen) atoms. The van der Waals surface area contributed by atoms with Gasteiger partial charge in [-0.05, 0) is 23.8 Å². The zero-order chi connectivity index (χ0) is 19.4. The number of ether oxygens (including phenoxy) is 2. The molecule has 0 aromatic heterocycles. The largest absolute Gasteiger partial charge is 0.482 e. The molecule has 0 atom stereocenters. The van der Waals surface area contributed by atoms with Gasteiger partial charge in [-0.15, -0.1) is 0 Å². The second-order valence-electron chi connectivity index (χ2n) is 5.82. The van der Waals surface area contributed by atoms with Crippen LogP contribution in [-0.4, -0.2) is 37.2 Å². The molecule has 1 aliphatic rings. The highest BCUT2D eigenvalue weighted by atomic mass is 16.6. The van der Waals surface area contributed by atoms with Crippen LogP contribution < -0.4 is 15.0 Å². The number of hydrogen-bond donors (Lipinski definition) is 1. The Balaban J connectivity index is 1.86. The van der Waals surface area contributed by atoms with E-state index in [2.05, 4.69) is 5.32 Å². The van der Waals surface area contributed by atoms with Gasteiger partial charge in [0.1, 0.15) is 12.5 Å². The Labute approximate surface area is 154 Å². The predicted molar refractivity (Wildman–Crippen MR) is 95.6 cm³/mol. The molecule has 0 radical (unpaired) electrons. The minimum atomic E-state index is -0.483. The van der Waals surface area contributed by atoms with Gasteiger partial charge in [-0.25, -0.2) is 0 Å². The van der Waals surface area contributed by atoms with Crippen LogP contribution in [0, 0.1) is 10.1 Å². The minimum Gasteiger partial charge on any atom is -0.482 e. The fourth-order valence-corrected chi connectivity index (χ4v) is 2.71. The number of fused-ring (bicyclic) bond motifs is 1. The number of carbonyl (C=O) groups is 2. The van der Waals surface area contributed by atoms with Crippen LogP contribution in [0.15, 0.2) is 42.5 Å². The fraction of sp³-hybridized carbons (Fsp3) is 0.222. The third kappa shape index (κ3) is 4.04. The maximum Gasteiger partial charge on any atom is 0.269 e. The highest BCUT2D eigenvalue weighted by Gasteiger charge is 2.27. The molecule has 0 saturated carbocycles. The van der Waals surface area contributed by atoms with Gasteiger partial charge in [0.25, 0.3) is 17.5 Å². The molecule has 2 amide bonds. The Morgan fingerprint density at radius 1 is 1.33 bits per heavy atom. The minimum absolute atomic E-state index is 0.0430. The fourth-order valence-electron chi connectivity index (χ4n) is 2.71. The van der Waals surface area contributed by atoms with E-state index < -0.39 is 4.92 Å². The van der Waals surface area contributed by atoms with E-state index in [1.165, 1.54) is 24.1 Å². The quantitative estimate of drug-likeness (QED) is 0.471.